The van der Waals surface area contributed by atoms with Crippen LogP contribution in [0.3, 0.4) is 0 Å². The molecule has 158 valence electrons. The average molecular weight is 416 g/mol. The van der Waals surface area contributed by atoms with E-state index >= 15 is 0 Å². The van der Waals surface area contributed by atoms with Crippen molar-refractivity contribution in [3.05, 3.63) is 84.0 Å². The van der Waals surface area contributed by atoms with Crippen LogP contribution in [0.1, 0.15) is 30.2 Å². The SMILES string of the molecule is CCOC(Cc1ccc(OCC/C=C2/c3cnccc3-c3cccnc32)cc1)C(=O)O. The minimum atomic E-state index is -0.949. The number of rotatable bonds is 9. The first-order chi connectivity index (χ1) is 15.2. The van der Waals surface area contributed by atoms with E-state index in [0.717, 1.165) is 45.7 Å². The molecule has 1 unspecified atom stereocenters. The van der Waals surface area contributed by atoms with Crippen LogP contribution < -0.4 is 4.74 Å². The second-order valence-corrected chi connectivity index (χ2v) is 7.21. The van der Waals surface area contributed by atoms with Crippen molar-refractivity contribution in [2.45, 2.75) is 25.9 Å². The molecule has 1 atom stereocenters. The van der Waals surface area contributed by atoms with Gasteiger partial charge in [0, 0.05) is 54.7 Å². The largest absolute Gasteiger partial charge is 0.493 e. The van der Waals surface area contributed by atoms with E-state index in [4.69, 9.17) is 9.47 Å². The van der Waals surface area contributed by atoms with Crippen LogP contribution in [-0.2, 0) is 16.0 Å². The van der Waals surface area contributed by atoms with E-state index in [-0.39, 0.29) is 0 Å². The Balaban J connectivity index is 1.37. The van der Waals surface area contributed by atoms with Crippen LogP contribution in [0.25, 0.3) is 16.7 Å². The van der Waals surface area contributed by atoms with Crippen molar-refractivity contribution in [3.63, 3.8) is 0 Å². The highest BCUT2D eigenvalue weighted by Gasteiger charge is 2.24. The number of fused-ring (bicyclic) bond motifs is 3. The molecule has 0 saturated heterocycles. The first-order valence-electron chi connectivity index (χ1n) is 10.3. The van der Waals surface area contributed by atoms with E-state index in [2.05, 4.69) is 22.1 Å². The third-order valence-electron chi connectivity index (χ3n) is 5.19. The van der Waals surface area contributed by atoms with E-state index in [1.807, 2.05) is 48.8 Å². The molecule has 1 aliphatic carbocycles. The fourth-order valence-corrected chi connectivity index (χ4v) is 3.75. The number of pyridine rings is 2. The van der Waals surface area contributed by atoms with Gasteiger partial charge in [-0.3, -0.25) is 9.97 Å². The number of nitrogens with zero attached hydrogens (tertiary/aromatic N) is 2. The molecule has 2 heterocycles. The molecular formula is C25H24N2O4. The second-order valence-electron chi connectivity index (χ2n) is 7.21. The Kier molecular flexibility index (Phi) is 6.38. The van der Waals surface area contributed by atoms with Gasteiger partial charge in [-0.2, -0.15) is 0 Å². The molecule has 31 heavy (non-hydrogen) atoms. The minimum absolute atomic E-state index is 0.329. The monoisotopic (exact) mass is 416 g/mol. The minimum Gasteiger partial charge on any atom is -0.493 e. The highest BCUT2D eigenvalue weighted by molar-refractivity contribution is 5.99. The molecule has 0 aliphatic heterocycles. The summed E-state index contributed by atoms with van der Waals surface area (Å²) in [7, 11) is 0. The predicted octanol–water partition coefficient (Wildman–Crippen LogP) is 4.39. The number of hydrogen-bond donors (Lipinski definition) is 1. The molecule has 0 radical (unpaired) electrons. The molecule has 0 fully saturated rings. The van der Waals surface area contributed by atoms with E-state index in [1.54, 1.807) is 13.1 Å². The van der Waals surface area contributed by atoms with Gasteiger partial charge in [-0.1, -0.05) is 24.3 Å². The van der Waals surface area contributed by atoms with Crippen molar-refractivity contribution < 1.29 is 19.4 Å². The van der Waals surface area contributed by atoms with E-state index in [9.17, 15) is 9.90 Å². The van der Waals surface area contributed by atoms with Gasteiger partial charge in [0.2, 0.25) is 0 Å². The van der Waals surface area contributed by atoms with Gasteiger partial charge in [-0.25, -0.2) is 4.79 Å². The third-order valence-corrected chi connectivity index (χ3v) is 5.19. The molecule has 3 aromatic rings. The summed E-state index contributed by atoms with van der Waals surface area (Å²) in [5.41, 5.74) is 6.36. The molecule has 0 amide bonds. The van der Waals surface area contributed by atoms with Gasteiger partial charge in [0.05, 0.1) is 12.3 Å². The van der Waals surface area contributed by atoms with Crippen LogP contribution in [-0.4, -0.2) is 40.4 Å². The van der Waals surface area contributed by atoms with Crippen molar-refractivity contribution in [2.24, 2.45) is 0 Å². The molecule has 2 aromatic heterocycles. The molecule has 6 nitrogen and oxygen atoms in total. The van der Waals surface area contributed by atoms with Crippen molar-refractivity contribution in [1.29, 1.82) is 0 Å². The quantitative estimate of drug-likeness (QED) is 0.408. The van der Waals surface area contributed by atoms with Crippen LogP contribution in [0.15, 0.2) is 67.1 Å². The first kappa shape index (κ1) is 20.8. The van der Waals surface area contributed by atoms with Crippen molar-refractivity contribution in [1.82, 2.24) is 9.97 Å². The second kappa shape index (κ2) is 9.53. The van der Waals surface area contributed by atoms with E-state index in [1.165, 1.54) is 0 Å². The highest BCUT2D eigenvalue weighted by Crippen LogP contribution is 2.42. The maximum atomic E-state index is 11.2. The summed E-state index contributed by atoms with van der Waals surface area (Å²) in [6, 6.07) is 13.5. The number of carboxylic acid groups (broad SMARTS) is 1. The number of aromatic nitrogens is 2. The summed E-state index contributed by atoms with van der Waals surface area (Å²) in [5.74, 6) is -0.201. The van der Waals surface area contributed by atoms with Crippen molar-refractivity contribution in [2.75, 3.05) is 13.2 Å². The zero-order chi connectivity index (χ0) is 21.6. The number of carbonyl (C=O) groups is 1. The van der Waals surface area contributed by atoms with E-state index < -0.39 is 12.1 Å². The lowest BCUT2D eigenvalue weighted by molar-refractivity contribution is -0.149. The molecular weight excluding hydrogens is 392 g/mol. The molecule has 0 bridgehead atoms. The lowest BCUT2D eigenvalue weighted by Gasteiger charge is -2.12. The molecule has 1 N–H and O–H groups in total. The number of carboxylic acids is 1. The van der Waals surface area contributed by atoms with Crippen LogP contribution in [0.4, 0.5) is 0 Å². The highest BCUT2D eigenvalue weighted by atomic mass is 16.5. The van der Waals surface area contributed by atoms with Gasteiger partial charge in [0.25, 0.3) is 0 Å². The molecule has 1 aromatic carbocycles. The Bertz CT molecular complexity index is 1050. The predicted molar refractivity (Wildman–Crippen MR) is 118 cm³/mol. The Morgan fingerprint density at radius 3 is 2.71 bits per heavy atom. The zero-order valence-corrected chi connectivity index (χ0v) is 17.3. The number of ether oxygens (including phenoxy) is 2. The average Bonchev–Trinajstić information content (AvgIpc) is 3.11. The van der Waals surface area contributed by atoms with Gasteiger partial charge >= 0.3 is 5.97 Å². The van der Waals surface area contributed by atoms with E-state index in [0.29, 0.717) is 19.6 Å². The molecule has 0 saturated carbocycles. The maximum Gasteiger partial charge on any atom is 0.333 e. The molecule has 1 aliphatic rings. The molecule has 4 rings (SSSR count). The van der Waals surface area contributed by atoms with Crippen molar-refractivity contribution in [3.8, 4) is 16.9 Å². The lowest BCUT2D eigenvalue weighted by Crippen LogP contribution is -2.26. The standard InChI is InChI=1S/C25H24N2O4/c1-2-30-23(25(28)29)15-17-7-9-18(10-8-17)31-14-4-6-21-22-16-26-13-11-19(22)20-5-3-12-27-24(20)21/h3,5-13,16,23H,2,4,14-15H2,1H3,(H,28,29)/b21-6-. The van der Waals surface area contributed by atoms with Crippen LogP contribution in [0.5, 0.6) is 5.75 Å². The third kappa shape index (κ3) is 4.64. The summed E-state index contributed by atoms with van der Waals surface area (Å²) in [5, 5.41) is 9.21. The van der Waals surface area contributed by atoms with Gasteiger partial charge < -0.3 is 14.6 Å². The lowest BCUT2D eigenvalue weighted by atomic mass is 10.1. The van der Waals surface area contributed by atoms with Gasteiger partial charge in [-0.05, 0) is 42.3 Å². The fraction of sp³-hybridized carbons (Fsp3) is 0.240. The summed E-state index contributed by atoms with van der Waals surface area (Å²) in [6.45, 7) is 2.68. The van der Waals surface area contributed by atoms with Crippen LogP contribution in [0.2, 0.25) is 0 Å². The van der Waals surface area contributed by atoms with Crippen LogP contribution >= 0.6 is 0 Å². The summed E-state index contributed by atoms with van der Waals surface area (Å²) >= 11 is 0. The Hall–Kier alpha value is -3.51. The molecule has 6 heteroatoms. The topological polar surface area (TPSA) is 81.5 Å². The summed E-state index contributed by atoms with van der Waals surface area (Å²) in [4.78, 5) is 20.1. The maximum absolute atomic E-state index is 11.2. The van der Waals surface area contributed by atoms with Crippen LogP contribution in [0, 0.1) is 0 Å². The van der Waals surface area contributed by atoms with Gasteiger partial charge in [-0.15, -0.1) is 0 Å². The zero-order valence-electron chi connectivity index (χ0n) is 17.3. The Morgan fingerprint density at radius 1 is 1.10 bits per heavy atom. The Morgan fingerprint density at radius 2 is 1.94 bits per heavy atom. The number of hydrogen-bond acceptors (Lipinski definition) is 5. The number of aliphatic carboxylic acids is 1. The smallest absolute Gasteiger partial charge is 0.333 e. The molecule has 0 spiro atoms. The first-order valence-corrected chi connectivity index (χ1v) is 10.3. The van der Waals surface area contributed by atoms with Gasteiger partial charge in [0.1, 0.15) is 5.75 Å². The Labute approximate surface area is 181 Å². The summed E-state index contributed by atoms with van der Waals surface area (Å²) in [6.07, 6.45) is 7.87. The normalized spacial score (nSPS) is 14.2. The summed E-state index contributed by atoms with van der Waals surface area (Å²) < 4.78 is 11.1. The van der Waals surface area contributed by atoms with Gasteiger partial charge in [0.15, 0.2) is 6.10 Å². The van der Waals surface area contributed by atoms with Crippen molar-refractivity contribution >= 4 is 11.5 Å². The fourth-order valence-electron chi connectivity index (χ4n) is 3.75. The number of benzene rings is 1.